The van der Waals surface area contributed by atoms with Crippen molar-refractivity contribution in [1.82, 2.24) is 25.5 Å². The van der Waals surface area contributed by atoms with Crippen molar-refractivity contribution < 1.29 is 9.53 Å². The molecule has 0 atom stereocenters. The van der Waals surface area contributed by atoms with Crippen LogP contribution in [0.5, 0.6) is 0 Å². The van der Waals surface area contributed by atoms with Crippen LogP contribution in [-0.2, 0) is 4.74 Å². The van der Waals surface area contributed by atoms with E-state index in [1.54, 1.807) is 12.4 Å². The van der Waals surface area contributed by atoms with Gasteiger partial charge in [-0.3, -0.25) is 15.1 Å². The monoisotopic (exact) mass is 441 g/mol. The fraction of sp³-hybridized carbons (Fsp3) is 0.308. The lowest BCUT2D eigenvalue weighted by atomic mass is 9.93. The van der Waals surface area contributed by atoms with Gasteiger partial charge in [0.15, 0.2) is 0 Å². The summed E-state index contributed by atoms with van der Waals surface area (Å²) in [4.78, 5) is 21.9. The molecule has 0 aliphatic heterocycles. The van der Waals surface area contributed by atoms with Crippen molar-refractivity contribution in [3.63, 3.8) is 0 Å². The SMILES string of the molecule is CNC1CCC(OC(=O)c2cnc3ccc(-c4cn[nH]c4-c4cccc(C)n4)cc3c2)CC1. The predicted octanol–water partition coefficient (Wildman–Crippen LogP) is 4.68. The average Bonchev–Trinajstić information content (AvgIpc) is 3.34. The van der Waals surface area contributed by atoms with Gasteiger partial charge in [-0.05, 0) is 75.5 Å². The first-order valence-corrected chi connectivity index (χ1v) is 11.4. The number of aryl methyl sites for hydroxylation is 1. The van der Waals surface area contributed by atoms with Gasteiger partial charge in [0.05, 0.1) is 28.7 Å². The van der Waals surface area contributed by atoms with Gasteiger partial charge >= 0.3 is 5.97 Å². The fourth-order valence-electron chi connectivity index (χ4n) is 4.48. The number of esters is 1. The van der Waals surface area contributed by atoms with E-state index in [4.69, 9.17) is 4.74 Å². The molecule has 1 fully saturated rings. The Balaban J connectivity index is 1.40. The molecule has 168 valence electrons. The van der Waals surface area contributed by atoms with Crippen molar-refractivity contribution in [2.24, 2.45) is 0 Å². The largest absolute Gasteiger partial charge is 0.459 e. The Kier molecular flexibility index (Phi) is 5.88. The highest BCUT2D eigenvalue weighted by molar-refractivity contribution is 5.95. The maximum Gasteiger partial charge on any atom is 0.339 e. The van der Waals surface area contributed by atoms with E-state index >= 15 is 0 Å². The fourth-order valence-corrected chi connectivity index (χ4v) is 4.48. The van der Waals surface area contributed by atoms with E-state index < -0.39 is 0 Å². The summed E-state index contributed by atoms with van der Waals surface area (Å²) in [7, 11) is 1.98. The molecule has 0 bridgehead atoms. The van der Waals surface area contributed by atoms with Gasteiger partial charge in [-0.25, -0.2) is 4.79 Å². The average molecular weight is 442 g/mol. The molecule has 33 heavy (non-hydrogen) atoms. The molecule has 0 unspecified atom stereocenters. The number of aromatic nitrogens is 4. The summed E-state index contributed by atoms with van der Waals surface area (Å²) in [6.07, 6.45) is 7.20. The van der Waals surface area contributed by atoms with E-state index in [2.05, 4.69) is 25.5 Å². The number of H-pyrrole nitrogens is 1. The molecule has 2 N–H and O–H groups in total. The maximum absolute atomic E-state index is 12.8. The molecule has 0 radical (unpaired) electrons. The van der Waals surface area contributed by atoms with Crippen LogP contribution < -0.4 is 5.32 Å². The Morgan fingerprint density at radius 2 is 1.94 bits per heavy atom. The number of nitrogens with zero attached hydrogens (tertiary/aromatic N) is 3. The molecular formula is C26H27N5O2. The van der Waals surface area contributed by atoms with E-state index in [9.17, 15) is 4.79 Å². The minimum atomic E-state index is -0.310. The molecule has 0 amide bonds. The van der Waals surface area contributed by atoms with Crippen LogP contribution in [0.2, 0.25) is 0 Å². The molecular weight excluding hydrogens is 414 g/mol. The summed E-state index contributed by atoms with van der Waals surface area (Å²) in [6.45, 7) is 1.97. The third kappa shape index (κ3) is 4.50. The predicted molar refractivity (Wildman–Crippen MR) is 128 cm³/mol. The van der Waals surface area contributed by atoms with Gasteiger partial charge in [-0.15, -0.1) is 0 Å². The second-order valence-corrected chi connectivity index (χ2v) is 8.62. The van der Waals surface area contributed by atoms with Gasteiger partial charge in [0.25, 0.3) is 0 Å². The van der Waals surface area contributed by atoms with Crippen LogP contribution in [0.1, 0.15) is 41.7 Å². The summed E-state index contributed by atoms with van der Waals surface area (Å²) in [5.41, 5.74) is 5.87. The number of fused-ring (bicyclic) bond motifs is 1. The lowest BCUT2D eigenvalue weighted by molar-refractivity contribution is 0.0188. The van der Waals surface area contributed by atoms with Crippen LogP contribution in [0.25, 0.3) is 33.4 Å². The number of carbonyl (C=O) groups excluding carboxylic acids is 1. The topological polar surface area (TPSA) is 92.8 Å². The Morgan fingerprint density at radius 3 is 2.73 bits per heavy atom. The lowest BCUT2D eigenvalue weighted by Gasteiger charge is -2.27. The minimum Gasteiger partial charge on any atom is -0.459 e. The Morgan fingerprint density at radius 1 is 1.09 bits per heavy atom. The number of benzene rings is 1. The first-order chi connectivity index (χ1) is 16.1. The Bertz CT molecular complexity index is 1290. The van der Waals surface area contributed by atoms with E-state index in [1.165, 1.54) is 0 Å². The minimum absolute atomic E-state index is 0.0283. The molecule has 7 heteroatoms. The number of carbonyl (C=O) groups is 1. The van der Waals surface area contributed by atoms with Crippen LogP contribution in [0.4, 0.5) is 0 Å². The smallest absolute Gasteiger partial charge is 0.339 e. The zero-order chi connectivity index (χ0) is 22.8. The summed E-state index contributed by atoms with van der Waals surface area (Å²) >= 11 is 0. The highest BCUT2D eigenvalue weighted by Crippen LogP contribution is 2.31. The first kappa shape index (κ1) is 21.3. The van der Waals surface area contributed by atoms with Gasteiger partial charge < -0.3 is 10.1 Å². The highest BCUT2D eigenvalue weighted by atomic mass is 16.5. The van der Waals surface area contributed by atoms with E-state index in [-0.39, 0.29) is 12.1 Å². The van der Waals surface area contributed by atoms with Crippen molar-refractivity contribution in [2.45, 2.75) is 44.8 Å². The van der Waals surface area contributed by atoms with E-state index in [1.807, 2.05) is 56.4 Å². The van der Waals surface area contributed by atoms with Crippen molar-refractivity contribution >= 4 is 16.9 Å². The van der Waals surface area contributed by atoms with Crippen LogP contribution in [-0.4, -0.2) is 45.3 Å². The van der Waals surface area contributed by atoms with Crippen LogP contribution in [0.15, 0.2) is 54.9 Å². The van der Waals surface area contributed by atoms with Crippen LogP contribution in [0, 0.1) is 6.92 Å². The molecule has 0 spiro atoms. The van der Waals surface area contributed by atoms with Crippen molar-refractivity contribution in [1.29, 1.82) is 0 Å². The standard InChI is InChI=1S/C26H27N5O2/c1-16-4-3-5-24(30-16)25-22(15-29-31-25)17-6-11-23-18(12-17)13-19(14-28-23)26(32)33-21-9-7-20(27-2)8-10-21/h3-6,11-15,20-21,27H,7-10H2,1-2H3,(H,29,31). The third-order valence-electron chi connectivity index (χ3n) is 6.37. The second-order valence-electron chi connectivity index (χ2n) is 8.62. The van der Waals surface area contributed by atoms with Gasteiger partial charge in [-0.1, -0.05) is 12.1 Å². The second kappa shape index (κ2) is 9.11. The Labute approximate surface area is 192 Å². The van der Waals surface area contributed by atoms with Gasteiger partial charge in [0, 0.05) is 28.9 Å². The highest BCUT2D eigenvalue weighted by Gasteiger charge is 2.23. The molecule has 7 nitrogen and oxygen atoms in total. The lowest BCUT2D eigenvalue weighted by Crippen LogP contribution is -2.33. The molecule has 4 aromatic rings. The molecule has 0 saturated heterocycles. The molecule has 3 aromatic heterocycles. The molecule has 3 heterocycles. The first-order valence-electron chi connectivity index (χ1n) is 11.4. The summed E-state index contributed by atoms with van der Waals surface area (Å²) in [5, 5.41) is 11.5. The molecule has 1 aromatic carbocycles. The van der Waals surface area contributed by atoms with Crippen molar-refractivity contribution in [3.8, 4) is 22.5 Å². The number of hydrogen-bond donors (Lipinski definition) is 2. The normalized spacial score (nSPS) is 18.4. The Hall–Kier alpha value is -3.58. The van der Waals surface area contributed by atoms with Crippen LogP contribution >= 0.6 is 0 Å². The number of nitrogens with one attached hydrogen (secondary N) is 2. The van der Waals surface area contributed by atoms with Crippen LogP contribution in [0.3, 0.4) is 0 Å². The van der Waals surface area contributed by atoms with Crippen molar-refractivity contribution in [3.05, 3.63) is 66.1 Å². The van der Waals surface area contributed by atoms with E-state index in [0.29, 0.717) is 11.6 Å². The number of ether oxygens (including phenoxy) is 1. The summed E-state index contributed by atoms with van der Waals surface area (Å²) in [5.74, 6) is -0.310. The third-order valence-corrected chi connectivity index (χ3v) is 6.37. The molecule has 1 saturated carbocycles. The van der Waals surface area contributed by atoms with Gasteiger partial charge in [0.2, 0.25) is 0 Å². The van der Waals surface area contributed by atoms with Crippen molar-refractivity contribution in [2.75, 3.05) is 7.05 Å². The molecule has 5 rings (SSSR count). The molecule has 1 aliphatic carbocycles. The number of rotatable bonds is 5. The zero-order valence-electron chi connectivity index (χ0n) is 18.8. The van der Waals surface area contributed by atoms with E-state index in [0.717, 1.165) is 64.8 Å². The van der Waals surface area contributed by atoms with Gasteiger partial charge in [-0.2, -0.15) is 5.10 Å². The van der Waals surface area contributed by atoms with Gasteiger partial charge in [0.1, 0.15) is 6.10 Å². The maximum atomic E-state index is 12.8. The number of pyridine rings is 2. The zero-order valence-corrected chi connectivity index (χ0v) is 18.8. The summed E-state index contributed by atoms with van der Waals surface area (Å²) in [6, 6.07) is 14.3. The number of aromatic amines is 1. The quantitative estimate of drug-likeness (QED) is 0.437. The summed E-state index contributed by atoms with van der Waals surface area (Å²) < 4.78 is 5.78. The molecule has 1 aliphatic rings. The number of hydrogen-bond acceptors (Lipinski definition) is 6.